The second kappa shape index (κ2) is 13.7. The number of carbonyl (C=O) groups is 3. The number of hydrogen-bond acceptors (Lipinski definition) is 7. The van der Waals surface area contributed by atoms with Crippen LogP contribution in [0.2, 0.25) is 0 Å². The second-order valence-corrected chi connectivity index (χ2v) is 11.7. The number of halogens is 2. The molecule has 2 heterocycles. The van der Waals surface area contributed by atoms with Gasteiger partial charge in [0.15, 0.2) is 11.6 Å². The summed E-state index contributed by atoms with van der Waals surface area (Å²) in [5.41, 5.74) is 1.91. The third-order valence-corrected chi connectivity index (χ3v) is 9.18. The summed E-state index contributed by atoms with van der Waals surface area (Å²) in [7, 11) is 2.58. The average molecular weight is 610 g/mol. The van der Waals surface area contributed by atoms with Crippen molar-refractivity contribution in [2.75, 3.05) is 33.9 Å². The van der Waals surface area contributed by atoms with Gasteiger partial charge in [0.1, 0.15) is 5.92 Å². The third kappa shape index (κ3) is 6.39. The number of esters is 1. The molecule has 3 aliphatic rings. The quantitative estimate of drug-likeness (QED) is 0.451. The Morgan fingerprint density at radius 3 is 2.50 bits per heavy atom. The Kier molecular flexibility index (Phi) is 9.76. The van der Waals surface area contributed by atoms with Crippen LogP contribution in [0.15, 0.2) is 42.5 Å². The van der Waals surface area contributed by atoms with Crippen molar-refractivity contribution < 1.29 is 32.6 Å². The molecule has 0 bridgehead atoms. The zero-order valence-electron chi connectivity index (χ0n) is 24.8. The lowest BCUT2D eigenvalue weighted by Gasteiger charge is -2.43. The van der Waals surface area contributed by atoms with Gasteiger partial charge in [-0.2, -0.15) is 5.26 Å². The van der Waals surface area contributed by atoms with Gasteiger partial charge in [-0.05, 0) is 67.3 Å². The van der Waals surface area contributed by atoms with E-state index in [4.69, 9.17) is 9.47 Å². The molecule has 2 N–H and O–H groups in total. The number of carbonyl (C=O) groups excluding carboxylic acids is 3. The maximum Gasteiger partial charge on any atom is 0.326 e. The van der Waals surface area contributed by atoms with E-state index in [0.29, 0.717) is 24.9 Å². The number of nitriles is 1. The van der Waals surface area contributed by atoms with E-state index in [2.05, 4.69) is 21.6 Å². The molecule has 3 unspecified atom stereocenters. The van der Waals surface area contributed by atoms with Crippen LogP contribution >= 0.6 is 0 Å². The minimum Gasteiger partial charge on any atom is -0.469 e. The number of benzene rings is 2. The van der Waals surface area contributed by atoms with E-state index in [0.717, 1.165) is 60.4 Å². The molecule has 12 heteroatoms. The van der Waals surface area contributed by atoms with E-state index >= 15 is 0 Å². The van der Waals surface area contributed by atoms with Gasteiger partial charge in [0, 0.05) is 32.3 Å². The summed E-state index contributed by atoms with van der Waals surface area (Å²) in [5, 5.41) is 15.1. The lowest BCUT2D eigenvalue weighted by Crippen LogP contribution is -2.65. The first-order chi connectivity index (χ1) is 21.2. The highest BCUT2D eigenvalue weighted by atomic mass is 19.2. The number of imide groups is 1. The van der Waals surface area contributed by atoms with E-state index in [-0.39, 0.29) is 18.2 Å². The molecule has 1 aliphatic carbocycles. The molecular formula is C32H37F2N5O5. The maximum atomic E-state index is 14.4. The highest BCUT2D eigenvalue weighted by Crippen LogP contribution is 2.38. The summed E-state index contributed by atoms with van der Waals surface area (Å²) in [5.74, 6) is -3.80. The maximum absolute atomic E-state index is 14.4. The van der Waals surface area contributed by atoms with Crippen LogP contribution in [0.25, 0.3) is 0 Å². The molecule has 44 heavy (non-hydrogen) atoms. The summed E-state index contributed by atoms with van der Waals surface area (Å²) in [6.07, 6.45) is 4.55. The third-order valence-electron chi connectivity index (χ3n) is 9.18. The molecular weight excluding hydrogens is 572 g/mol. The first-order valence-electron chi connectivity index (χ1n) is 14.9. The van der Waals surface area contributed by atoms with Crippen molar-refractivity contribution in [3.8, 4) is 6.07 Å². The van der Waals surface area contributed by atoms with Gasteiger partial charge in [-0.3, -0.25) is 9.69 Å². The number of likely N-dealkylation sites (tertiary alicyclic amines) is 1. The number of ether oxygens (including phenoxy) is 2. The van der Waals surface area contributed by atoms with Crippen LogP contribution < -0.4 is 10.6 Å². The van der Waals surface area contributed by atoms with Crippen molar-refractivity contribution in [1.82, 2.24) is 20.4 Å². The van der Waals surface area contributed by atoms with E-state index < -0.39 is 47.7 Å². The van der Waals surface area contributed by atoms with E-state index in [9.17, 15) is 28.4 Å². The largest absolute Gasteiger partial charge is 0.469 e. The monoisotopic (exact) mass is 609 g/mol. The lowest BCUT2D eigenvalue weighted by molar-refractivity contribution is -0.150. The molecule has 234 valence electrons. The van der Waals surface area contributed by atoms with E-state index in [1.165, 1.54) is 20.3 Å². The van der Waals surface area contributed by atoms with Crippen LogP contribution in [-0.4, -0.2) is 79.9 Å². The smallest absolute Gasteiger partial charge is 0.326 e. The molecule has 2 aliphatic heterocycles. The molecule has 3 fully saturated rings. The number of methoxy groups -OCH3 is 2. The predicted molar refractivity (Wildman–Crippen MR) is 155 cm³/mol. The fourth-order valence-corrected chi connectivity index (χ4v) is 7.04. The standard InChI is InChI=1S/C32H37F2N5O5/c1-43-18-27-28(30(40)44-2)29(20-9-12-25(33)26(34)15-20)39(32(42)37-27)31(41)36-22-13-14-38(17-22)23-10-7-19(8-11-23)24-6-4-3-5-21(24)16-35/h3-6,9,12,15,19,22-23,27-29H,7-8,10-11,13-14,17-18H2,1-2H3,(H,36,41)(H,37,42)/t19?,22?,23?,27?,28?,29-/m0/s1. The second-order valence-electron chi connectivity index (χ2n) is 11.7. The van der Waals surface area contributed by atoms with Gasteiger partial charge in [0.05, 0.1) is 37.4 Å². The lowest BCUT2D eigenvalue weighted by atomic mass is 9.80. The fourth-order valence-electron chi connectivity index (χ4n) is 7.04. The zero-order valence-corrected chi connectivity index (χ0v) is 24.8. The number of amides is 4. The molecule has 4 amide bonds. The summed E-state index contributed by atoms with van der Waals surface area (Å²) >= 11 is 0. The fraction of sp³-hybridized carbons (Fsp3) is 0.500. The van der Waals surface area contributed by atoms with Crippen LogP contribution in [0.3, 0.4) is 0 Å². The molecule has 5 rings (SSSR count). The van der Waals surface area contributed by atoms with Gasteiger partial charge in [-0.25, -0.2) is 23.3 Å². The summed E-state index contributed by atoms with van der Waals surface area (Å²) < 4.78 is 38.4. The molecule has 1 saturated carbocycles. The van der Waals surface area contributed by atoms with Gasteiger partial charge in [0.2, 0.25) is 0 Å². The molecule has 0 spiro atoms. The van der Waals surface area contributed by atoms with Crippen LogP contribution in [0, 0.1) is 28.9 Å². The topological polar surface area (TPSA) is 124 Å². The highest BCUT2D eigenvalue weighted by molar-refractivity contribution is 5.96. The molecule has 2 saturated heterocycles. The molecule has 0 radical (unpaired) electrons. The van der Waals surface area contributed by atoms with Crippen molar-refractivity contribution in [3.63, 3.8) is 0 Å². The van der Waals surface area contributed by atoms with Crippen molar-refractivity contribution >= 4 is 18.0 Å². The Morgan fingerprint density at radius 2 is 1.82 bits per heavy atom. The van der Waals surface area contributed by atoms with Crippen LogP contribution in [0.1, 0.15) is 60.8 Å². The Balaban J connectivity index is 1.28. The van der Waals surface area contributed by atoms with Crippen LogP contribution in [0.5, 0.6) is 0 Å². The number of rotatable bonds is 7. The minimum atomic E-state index is -1.27. The number of urea groups is 2. The summed E-state index contributed by atoms with van der Waals surface area (Å²) in [6, 6.07) is 9.51. The van der Waals surface area contributed by atoms with Crippen LogP contribution in [-0.2, 0) is 14.3 Å². The first-order valence-corrected chi connectivity index (χ1v) is 14.9. The Bertz CT molecular complexity index is 1430. The van der Waals surface area contributed by atoms with Crippen molar-refractivity contribution in [1.29, 1.82) is 5.26 Å². The van der Waals surface area contributed by atoms with Gasteiger partial charge in [-0.1, -0.05) is 24.3 Å². The normalized spacial score (nSPS) is 27.3. The minimum absolute atomic E-state index is 0.0664. The van der Waals surface area contributed by atoms with Gasteiger partial charge in [-0.15, -0.1) is 0 Å². The van der Waals surface area contributed by atoms with Gasteiger partial charge < -0.3 is 20.1 Å². The highest BCUT2D eigenvalue weighted by Gasteiger charge is 2.50. The van der Waals surface area contributed by atoms with Crippen LogP contribution in [0.4, 0.5) is 18.4 Å². The number of hydrogen-bond donors (Lipinski definition) is 2. The van der Waals surface area contributed by atoms with E-state index in [1.54, 1.807) is 0 Å². The first kappa shape index (κ1) is 31.3. The Hall–Kier alpha value is -4.08. The van der Waals surface area contributed by atoms with Crippen molar-refractivity contribution in [2.24, 2.45) is 5.92 Å². The van der Waals surface area contributed by atoms with Crippen molar-refractivity contribution in [2.45, 2.75) is 62.2 Å². The Labute approximate surface area is 255 Å². The summed E-state index contributed by atoms with van der Waals surface area (Å²) in [4.78, 5) is 43.3. The molecule has 0 aromatic heterocycles. The SMILES string of the molecule is COCC1NC(=O)N(C(=O)NC2CCN(C3CCC(c4ccccc4C#N)CC3)C2)[C@@H](c2ccc(F)c(F)c2)C1C(=O)OC. The zero-order chi connectivity index (χ0) is 31.4. The molecule has 2 aromatic rings. The Morgan fingerprint density at radius 1 is 1.07 bits per heavy atom. The van der Waals surface area contributed by atoms with Gasteiger partial charge >= 0.3 is 18.0 Å². The molecule has 10 nitrogen and oxygen atoms in total. The molecule has 4 atom stereocenters. The number of nitrogens with one attached hydrogen (secondary N) is 2. The van der Waals surface area contributed by atoms with Crippen molar-refractivity contribution in [3.05, 3.63) is 70.8 Å². The van der Waals surface area contributed by atoms with E-state index in [1.807, 2.05) is 24.3 Å². The number of nitrogens with zero attached hydrogens (tertiary/aromatic N) is 3. The predicted octanol–water partition coefficient (Wildman–Crippen LogP) is 4.22. The summed E-state index contributed by atoms with van der Waals surface area (Å²) in [6.45, 7) is 1.30. The average Bonchev–Trinajstić information content (AvgIpc) is 3.50. The van der Waals surface area contributed by atoms with Gasteiger partial charge in [0.25, 0.3) is 0 Å². The molecule has 2 aromatic carbocycles.